The van der Waals surface area contributed by atoms with Crippen LogP contribution in [0.3, 0.4) is 0 Å². The molecule has 7 heteroatoms. The summed E-state index contributed by atoms with van der Waals surface area (Å²) in [6.45, 7) is 0. The van der Waals surface area contributed by atoms with Crippen LogP contribution in [0.25, 0.3) is 11.2 Å². The second-order valence-electron chi connectivity index (χ2n) is 2.78. The summed E-state index contributed by atoms with van der Waals surface area (Å²) in [5.41, 5.74) is 11.3. The van der Waals surface area contributed by atoms with Gasteiger partial charge in [0.25, 0.3) is 0 Å². The van der Waals surface area contributed by atoms with Gasteiger partial charge < -0.3 is 5.11 Å². The lowest BCUT2D eigenvalue weighted by molar-refractivity contribution is 0.0476. The fourth-order valence-electron chi connectivity index (χ4n) is 1.09. The number of fused-ring (bicyclic) bond motifs is 1. The van der Waals surface area contributed by atoms with Crippen LogP contribution in [0, 0.1) is 0 Å². The predicted octanol–water partition coefficient (Wildman–Crippen LogP) is -1.56. The van der Waals surface area contributed by atoms with E-state index < -0.39 is 5.85 Å². The Morgan fingerprint density at radius 3 is 2.50 bits per heavy atom. The fraction of sp³-hybridized carbons (Fsp3) is 0.143. The minimum Gasteiger partial charge on any atom is -0.358 e. The maximum Gasteiger partial charge on any atom is 0.214 e. The van der Waals surface area contributed by atoms with Crippen molar-refractivity contribution in [2.45, 2.75) is 5.85 Å². The van der Waals surface area contributed by atoms with Crippen molar-refractivity contribution in [2.75, 3.05) is 0 Å². The molecule has 0 unspecified atom stereocenters. The number of aromatic nitrogens is 4. The van der Waals surface area contributed by atoms with Crippen molar-refractivity contribution in [3.63, 3.8) is 0 Å². The second kappa shape index (κ2) is 2.91. The highest BCUT2D eigenvalue weighted by atomic mass is 16.3. The molecule has 0 bridgehead atoms. The molecule has 0 aliphatic carbocycles. The van der Waals surface area contributed by atoms with Gasteiger partial charge in [-0.1, -0.05) is 0 Å². The number of hydrogen-bond donors (Lipinski definition) is 3. The number of aliphatic hydroxyl groups is 1. The van der Waals surface area contributed by atoms with Gasteiger partial charge in [0.1, 0.15) is 17.5 Å². The van der Waals surface area contributed by atoms with Crippen molar-refractivity contribution >= 4 is 11.2 Å². The molecule has 0 aromatic carbocycles. The molecule has 0 saturated carbocycles. The van der Waals surface area contributed by atoms with Crippen LogP contribution in [-0.4, -0.2) is 25.0 Å². The van der Waals surface area contributed by atoms with Crippen LogP contribution in [0.1, 0.15) is 5.69 Å². The first kappa shape index (κ1) is 8.88. The summed E-state index contributed by atoms with van der Waals surface area (Å²) in [6.07, 6.45) is 4.14. The van der Waals surface area contributed by atoms with Crippen molar-refractivity contribution in [2.24, 2.45) is 11.5 Å². The van der Waals surface area contributed by atoms with E-state index in [-0.39, 0.29) is 5.69 Å². The predicted molar refractivity (Wildman–Crippen MR) is 47.4 cm³/mol. The first-order chi connectivity index (χ1) is 6.59. The zero-order valence-corrected chi connectivity index (χ0v) is 7.12. The molecule has 2 rings (SSSR count). The molecule has 0 aliphatic heterocycles. The van der Waals surface area contributed by atoms with E-state index in [4.69, 9.17) is 11.5 Å². The van der Waals surface area contributed by atoms with E-state index in [0.717, 1.165) is 0 Å². The van der Waals surface area contributed by atoms with Crippen molar-refractivity contribution in [1.82, 2.24) is 19.9 Å². The van der Waals surface area contributed by atoms with E-state index in [2.05, 4.69) is 19.9 Å². The van der Waals surface area contributed by atoms with Gasteiger partial charge in [0.15, 0.2) is 5.65 Å². The number of nitrogens with two attached hydrogens (primary N) is 2. The average molecular weight is 192 g/mol. The van der Waals surface area contributed by atoms with Crippen LogP contribution >= 0.6 is 0 Å². The van der Waals surface area contributed by atoms with Gasteiger partial charge in [0.2, 0.25) is 5.85 Å². The molecule has 0 spiro atoms. The molecule has 5 N–H and O–H groups in total. The lowest BCUT2D eigenvalue weighted by Gasteiger charge is -2.16. The third-order valence-electron chi connectivity index (χ3n) is 1.65. The Morgan fingerprint density at radius 2 is 1.79 bits per heavy atom. The van der Waals surface area contributed by atoms with Gasteiger partial charge in [0.05, 0.1) is 0 Å². The average Bonchev–Trinajstić information content (AvgIpc) is 2.15. The fourth-order valence-corrected chi connectivity index (χ4v) is 1.09. The largest absolute Gasteiger partial charge is 0.358 e. The van der Waals surface area contributed by atoms with Crippen LogP contribution in [-0.2, 0) is 5.85 Å². The normalized spacial score (nSPS) is 11.9. The van der Waals surface area contributed by atoms with E-state index >= 15 is 0 Å². The van der Waals surface area contributed by atoms with Gasteiger partial charge >= 0.3 is 0 Å². The minimum absolute atomic E-state index is 0.0515. The number of rotatable bonds is 1. The van der Waals surface area contributed by atoms with E-state index in [1.807, 2.05) is 0 Å². The SMILES string of the molecule is NC(N)(O)c1ncnc2nccnc12. The maximum atomic E-state index is 9.38. The summed E-state index contributed by atoms with van der Waals surface area (Å²) in [5, 5.41) is 9.38. The van der Waals surface area contributed by atoms with Crippen molar-refractivity contribution in [1.29, 1.82) is 0 Å². The molecule has 0 aliphatic rings. The van der Waals surface area contributed by atoms with Gasteiger partial charge in [0, 0.05) is 12.4 Å². The van der Waals surface area contributed by atoms with E-state index in [1.54, 1.807) is 0 Å². The van der Waals surface area contributed by atoms with Gasteiger partial charge in [-0.05, 0) is 0 Å². The minimum atomic E-state index is -2.03. The summed E-state index contributed by atoms with van der Waals surface area (Å²) in [6, 6.07) is 0. The van der Waals surface area contributed by atoms with Gasteiger partial charge in [-0.25, -0.2) is 19.9 Å². The zero-order chi connectivity index (χ0) is 10.2. The smallest absolute Gasteiger partial charge is 0.214 e. The molecule has 2 aromatic rings. The Kier molecular flexibility index (Phi) is 1.84. The third kappa shape index (κ3) is 1.39. The van der Waals surface area contributed by atoms with Gasteiger partial charge in [-0.3, -0.25) is 11.5 Å². The van der Waals surface area contributed by atoms with Crippen LogP contribution in [0.2, 0.25) is 0 Å². The molecule has 0 atom stereocenters. The first-order valence-corrected chi connectivity index (χ1v) is 3.81. The highest BCUT2D eigenvalue weighted by Gasteiger charge is 2.23. The van der Waals surface area contributed by atoms with E-state index in [0.29, 0.717) is 11.2 Å². The molecule has 0 radical (unpaired) electrons. The van der Waals surface area contributed by atoms with Crippen LogP contribution in [0.5, 0.6) is 0 Å². The number of nitrogens with zero attached hydrogens (tertiary/aromatic N) is 4. The molecule has 7 nitrogen and oxygen atoms in total. The van der Waals surface area contributed by atoms with Gasteiger partial charge in [-0.15, -0.1) is 0 Å². The van der Waals surface area contributed by atoms with E-state index in [9.17, 15) is 5.11 Å². The Labute approximate surface area is 78.8 Å². The first-order valence-electron chi connectivity index (χ1n) is 3.81. The molecule has 14 heavy (non-hydrogen) atoms. The summed E-state index contributed by atoms with van der Waals surface area (Å²) in [7, 11) is 0. The molecular weight excluding hydrogens is 184 g/mol. The lowest BCUT2D eigenvalue weighted by atomic mass is 10.2. The summed E-state index contributed by atoms with van der Waals surface area (Å²) in [5.74, 6) is -2.03. The summed E-state index contributed by atoms with van der Waals surface area (Å²) < 4.78 is 0. The molecular formula is C7H8N6O. The van der Waals surface area contributed by atoms with Crippen molar-refractivity contribution < 1.29 is 5.11 Å². The quantitative estimate of drug-likeness (QED) is 0.466. The molecule has 0 amide bonds. The van der Waals surface area contributed by atoms with Crippen molar-refractivity contribution in [3.05, 3.63) is 24.4 Å². The lowest BCUT2D eigenvalue weighted by Crippen LogP contribution is -2.46. The maximum absolute atomic E-state index is 9.38. The zero-order valence-electron chi connectivity index (χ0n) is 7.12. The topological polar surface area (TPSA) is 124 Å². The summed E-state index contributed by atoms with van der Waals surface area (Å²) in [4.78, 5) is 15.5. The highest BCUT2D eigenvalue weighted by Crippen LogP contribution is 2.13. The second-order valence-corrected chi connectivity index (χ2v) is 2.78. The molecule has 0 fully saturated rings. The van der Waals surface area contributed by atoms with Crippen LogP contribution in [0.4, 0.5) is 0 Å². The monoisotopic (exact) mass is 192 g/mol. The standard InChI is InChI=1S/C7H8N6O/c8-7(9,14)5-4-6(13-3-12-5)11-2-1-10-4/h1-3,14H,8-9H2. The van der Waals surface area contributed by atoms with Crippen molar-refractivity contribution in [3.8, 4) is 0 Å². The number of hydrogen-bond acceptors (Lipinski definition) is 7. The Hall–Kier alpha value is -1.70. The van der Waals surface area contributed by atoms with Crippen LogP contribution < -0.4 is 11.5 Å². The Bertz CT molecular complexity index is 460. The van der Waals surface area contributed by atoms with Crippen LogP contribution in [0.15, 0.2) is 18.7 Å². The van der Waals surface area contributed by atoms with Gasteiger partial charge in [-0.2, -0.15) is 0 Å². The van der Waals surface area contributed by atoms with E-state index in [1.165, 1.54) is 18.7 Å². The Morgan fingerprint density at radius 1 is 1.07 bits per heavy atom. The third-order valence-corrected chi connectivity index (χ3v) is 1.65. The Balaban J connectivity index is 2.78. The highest BCUT2D eigenvalue weighted by molar-refractivity contribution is 5.72. The molecule has 72 valence electrons. The summed E-state index contributed by atoms with van der Waals surface area (Å²) >= 11 is 0. The molecule has 2 heterocycles. The molecule has 0 saturated heterocycles. The molecule has 2 aromatic heterocycles.